The maximum atomic E-state index is 11.6. The molecule has 0 saturated carbocycles. The molecule has 0 saturated heterocycles. The van der Waals surface area contributed by atoms with Gasteiger partial charge in [-0.1, -0.05) is 18.5 Å². The number of carboxylic acid groups (broad SMARTS) is 1. The van der Waals surface area contributed by atoms with Crippen molar-refractivity contribution in [1.29, 1.82) is 0 Å². The van der Waals surface area contributed by atoms with E-state index in [0.717, 1.165) is 13.1 Å². The van der Waals surface area contributed by atoms with Crippen molar-refractivity contribution in [2.24, 2.45) is 0 Å². The van der Waals surface area contributed by atoms with E-state index >= 15 is 0 Å². The number of hydrogen-bond donors (Lipinski definition) is 3. The van der Waals surface area contributed by atoms with Crippen LogP contribution >= 0.6 is 11.6 Å². The fourth-order valence-corrected chi connectivity index (χ4v) is 1.72. The van der Waals surface area contributed by atoms with Gasteiger partial charge in [0.15, 0.2) is 0 Å². The van der Waals surface area contributed by atoms with Crippen molar-refractivity contribution < 1.29 is 14.7 Å². The molecule has 1 aromatic carbocycles. The SMILES string of the molecule is CCN(C)CCNC(=O)Nc1ccc(C(=O)O)c(Cl)c1. The summed E-state index contributed by atoms with van der Waals surface area (Å²) in [5.74, 6) is -1.10. The highest BCUT2D eigenvalue weighted by atomic mass is 35.5. The zero-order valence-electron chi connectivity index (χ0n) is 11.4. The van der Waals surface area contributed by atoms with Crippen LogP contribution in [0.15, 0.2) is 18.2 Å². The van der Waals surface area contributed by atoms with Crippen LogP contribution in [0.2, 0.25) is 5.02 Å². The van der Waals surface area contributed by atoms with Crippen LogP contribution in [0.1, 0.15) is 17.3 Å². The molecule has 0 atom stereocenters. The summed E-state index contributed by atoms with van der Waals surface area (Å²) in [5.41, 5.74) is 0.448. The van der Waals surface area contributed by atoms with E-state index in [4.69, 9.17) is 16.7 Å². The Kier molecular flexibility index (Phi) is 6.27. The van der Waals surface area contributed by atoms with E-state index in [0.29, 0.717) is 12.2 Å². The highest BCUT2D eigenvalue weighted by molar-refractivity contribution is 6.33. The molecular formula is C13H18ClN3O3. The Morgan fingerprint density at radius 3 is 2.65 bits per heavy atom. The molecule has 0 aromatic heterocycles. The van der Waals surface area contributed by atoms with Gasteiger partial charge in [-0.05, 0) is 31.8 Å². The number of urea groups is 1. The van der Waals surface area contributed by atoms with Gasteiger partial charge in [-0.25, -0.2) is 9.59 Å². The number of aromatic carboxylic acids is 1. The molecule has 0 heterocycles. The Morgan fingerprint density at radius 2 is 2.10 bits per heavy atom. The summed E-state index contributed by atoms with van der Waals surface area (Å²) in [6, 6.07) is 3.90. The number of hydrogen-bond acceptors (Lipinski definition) is 3. The minimum absolute atomic E-state index is 0.00203. The third-order valence-electron chi connectivity index (χ3n) is 2.78. The number of carbonyl (C=O) groups excluding carboxylic acids is 1. The van der Waals surface area contributed by atoms with Gasteiger partial charge in [0.2, 0.25) is 0 Å². The second-order valence-electron chi connectivity index (χ2n) is 4.28. The quantitative estimate of drug-likeness (QED) is 0.751. The number of benzene rings is 1. The molecule has 20 heavy (non-hydrogen) atoms. The normalized spacial score (nSPS) is 10.4. The first-order chi connectivity index (χ1) is 9.43. The molecule has 0 bridgehead atoms. The Hall–Kier alpha value is -1.79. The molecule has 2 amide bonds. The molecule has 7 heteroatoms. The summed E-state index contributed by atoms with van der Waals surface area (Å²) in [6.07, 6.45) is 0. The van der Waals surface area contributed by atoms with Crippen molar-refractivity contribution >= 4 is 29.3 Å². The summed E-state index contributed by atoms with van der Waals surface area (Å²) in [7, 11) is 1.96. The van der Waals surface area contributed by atoms with Gasteiger partial charge in [-0.2, -0.15) is 0 Å². The van der Waals surface area contributed by atoms with Crippen molar-refractivity contribution in [2.45, 2.75) is 6.92 Å². The van der Waals surface area contributed by atoms with Crippen LogP contribution in [0.25, 0.3) is 0 Å². The van der Waals surface area contributed by atoms with Crippen molar-refractivity contribution in [3.8, 4) is 0 Å². The lowest BCUT2D eigenvalue weighted by Crippen LogP contribution is -2.35. The van der Waals surface area contributed by atoms with Crippen LogP contribution in [0.5, 0.6) is 0 Å². The smallest absolute Gasteiger partial charge is 0.337 e. The topological polar surface area (TPSA) is 81.7 Å². The van der Waals surface area contributed by atoms with Gasteiger partial charge in [-0.3, -0.25) is 0 Å². The first kappa shape index (κ1) is 16.3. The summed E-state index contributed by atoms with van der Waals surface area (Å²) in [5, 5.41) is 14.2. The predicted octanol–water partition coefficient (Wildman–Crippen LogP) is 2.11. The fraction of sp³-hybridized carbons (Fsp3) is 0.385. The van der Waals surface area contributed by atoms with Crippen molar-refractivity contribution in [3.05, 3.63) is 28.8 Å². The molecule has 110 valence electrons. The van der Waals surface area contributed by atoms with Crippen LogP contribution in [0.4, 0.5) is 10.5 Å². The second-order valence-corrected chi connectivity index (χ2v) is 4.68. The molecule has 0 aliphatic carbocycles. The van der Waals surface area contributed by atoms with Crippen LogP contribution in [-0.2, 0) is 0 Å². The van der Waals surface area contributed by atoms with Gasteiger partial charge in [0.1, 0.15) is 0 Å². The maximum Gasteiger partial charge on any atom is 0.337 e. The summed E-state index contributed by atoms with van der Waals surface area (Å²) in [6.45, 7) is 4.22. The van der Waals surface area contributed by atoms with E-state index in [9.17, 15) is 9.59 Å². The van der Waals surface area contributed by atoms with Crippen LogP contribution in [0.3, 0.4) is 0 Å². The van der Waals surface area contributed by atoms with Crippen LogP contribution in [-0.4, -0.2) is 48.7 Å². The molecule has 0 spiro atoms. The Bertz CT molecular complexity index is 494. The van der Waals surface area contributed by atoms with Gasteiger partial charge >= 0.3 is 12.0 Å². The Morgan fingerprint density at radius 1 is 1.40 bits per heavy atom. The van der Waals surface area contributed by atoms with Gasteiger partial charge in [0, 0.05) is 18.8 Å². The molecule has 0 aliphatic rings. The Labute approximate surface area is 122 Å². The van der Waals surface area contributed by atoms with E-state index in [-0.39, 0.29) is 16.6 Å². The average molecular weight is 300 g/mol. The molecule has 6 nitrogen and oxygen atoms in total. The minimum atomic E-state index is -1.10. The average Bonchev–Trinajstić information content (AvgIpc) is 2.38. The largest absolute Gasteiger partial charge is 0.478 e. The van der Waals surface area contributed by atoms with Crippen molar-refractivity contribution in [1.82, 2.24) is 10.2 Å². The second kappa shape index (κ2) is 7.72. The van der Waals surface area contributed by atoms with Gasteiger partial charge in [-0.15, -0.1) is 0 Å². The molecule has 0 radical (unpaired) electrons. The summed E-state index contributed by atoms with van der Waals surface area (Å²) in [4.78, 5) is 24.5. The number of carboxylic acids is 1. The van der Waals surface area contributed by atoms with E-state index < -0.39 is 5.97 Å². The third kappa shape index (κ3) is 5.07. The first-order valence-corrected chi connectivity index (χ1v) is 6.58. The lowest BCUT2D eigenvalue weighted by Gasteiger charge is -2.14. The summed E-state index contributed by atoms with van der Waals surface area (Å²) >= 11 is 5.81. The highest BCUT2D eigenvalue weighted by Gasteiger charge is 2.10. The lowest BCUT2D eigenvalue weighted by atomic mass is 10.2. The zero-order chi connectivity index (χ0) is 15.1. The number of nitrogens with one attached hydrogen (secondary N) is 2. The number of halogens is 1. The highest BCUT2D eigenvalue weighted by Crippen LogP contribution is 2.20. The van der Waals surface area contributed by atoms with Gasteiger partial charge < -0.3 is 20.6 Å². The predicted molar refractivity (Wildman–Crippen MR) is 78.6 cm³/mol. The molecular weight excluding hydrogens is 282 g/mol. The summed E-state index contributed by atoms with van der Waals surface area (Å²) < 4.78 is 0. The lowest BCUT2D eigenvalue weighted by molar-refractivity contribution is 0.0697. The first-order valence-electron chi connectivity index (χ1n) is 6.20. The molecule has 0 unspecified atom stereocenters. The van der Waals surface area contributed by atoms with Crippen LogP contribution in [0, 0.1) is 0 Å². The van der Waals surface area contributed by atoms with E-state index in [1.165, 1.54) is 18.2 Å². The molecule has 1 rings (SSSR count). The van der Waals surface area contributed by atoms with Crippen LogP contribution < -0.4 is 10.6 Å². The minimum Gasteiger partial charge on any atom is -0.478 e. The number of nitrogens with zero attached hydrogens (tertiary/aromatic N) is 1. The zero-order valence-corrected chi connectivity index (χ0v) is 12.2. The standard InChI is InChI=1S/C13H18ClN3O3/c1-3-17(2)7-6-15-13(20)16-9-4-5-10(12(18)19)11(14)8-9/h4-5,8H,3,6-7H2,1-2H3,(H,18,19)(H2,15,16,20). The number of rotatable bonds is 6. The monoisotopic (exact) mass is 299 g/mol. The third-order valence-corrected chi connectivity index (χ3v) is 3.09. The molecule has 0 fully saturated rings. The van der Waals surface area contributed by atoms with E-state index in [2.05, 4.69) is 15.5 Å². The van der Waals surface area contributed by atoms with Gasteiger partial charge in [0.25, 0.3) is 0 Å². The fourth-order valence-electron chi connectivity index (χ4n) is 1.46. The van der Waals surface area contributed by atoms with E-state index in [1.54, 1.807) is 0 Å². The number of amides is 2. The number of carbonyl (C=O) groups is 2. The number of anilines is 1. The van der Waals surface area contributed by atoms with Gasteiger partial charge in [0.05, 0.1) is 10.6 Å². The van der Waals surface area contributed by atoms with Crippen molar-refractivity contribution in [3.63, 3.8) is 0 Å². The number of likely N-dealkylation sites (N-methyl/N-ethyl adjacent to an activating group) is 1. The molecule has 3 N–H and O–H groups in total. The van der Waals surface area contributed by atoms with E-state index in [1.807, 2.05) is 14.0 Å². The molecule has 0 aliphatic heterocycles. The Balaban J connectivity index is 2.50. The molecule has 1 aromatic rings. The van der Waals surface area contributed by atoms with Crippen molar-refractivity contribution in [2.75, 3.05) is 32.0 Å². The maximum absolute atomic E-state index is 11.6.